The standard InChI is InChI=1S/C16H21ClFN5O3/c1-8-11-12(22-21-8)19-14(17)20-13(11)25-10-5-6-23(7-9(10)18)15(24)26-16(2,3)4/h9-10H,5-7H2,1-4H3,(H,19,20,21,22)/t9-,10+/m1/s1. The number of hydrogen-bond donors (Lipinski definition) is 1. The maximum atomic E-state index is 14.6. The summed E-state index contributed by atoms with van der Waals surface area (Å²) in [5, 5.41) is 7.33. The molecule has 142 valence electrons. The molecular weight excluding hydrogens is 365 g/mol. The third-order valence-corrected chi connectivity index (χ3v) is 4.11. The third-order valence-electron chi connectivity index (χ3n) is 3.94. The molecule has 1 N–H and O–H groups in total. The molecule has 2 aromatic heterocycles. The lowest BCUT2D eigenvalue weighted by atomic mass is 10.1. The molecule has 8 nitrogen and oxygen atoms in total. The zero-order valence-corrected chi connectivity index (χ0v) is 15.8. The predicted octanol–water partition coefficient (Wildman–Crippen LogP) is 3.04. The number of aryl methyl sites for hydroxylation is 1. The van der Waals surface area contributed by atoms with Crippen LogP contribution in [0.3, 0.4) is 0 Å². The van der Waals surface area contributed by atoms with Gasteiger partial charge in [-0.05, 0) is 39.3 Å². The van der Waals surface area contributed by atoms with E-state index in [1.165, 1.54) is 4.90 Å². The van der Waals surface area contributed by atoms with Crippen LogP contribution >= 0.6 is 11.6 Å². The molecule has 0 aromatic carbocycles. The maximum Gasteiger partial charge on any atom is 0.410 e. The smallest absolute Gasteiger partial charge is 0.410 e. The van der Waals surface area contributed by atoms with Crippen molar-refractivity contribution in [2.75, 3.05) is 13.1 Å². The summed E-state index contributed by atoms with van der Waals surface area (Å²) in [6.45, 7) is 7.29. The van der Waals surface area contributed by atoms with Gasteiger partial charge in [0.1, 0.15) is 17.1 Å². The monoisotopic (exact) mass is 385 g/mol. The summed E-state index contributed by atoms with van der Waals surface area (Å²) in [6.07, 6.45) is -2.36. The second-order valence-corrected chi connectivity index (χ2v) is 7.56. The number of alkyl halides is 1. The molecule has 0 radical (unpaired) electrons. The summed E-state index contributed by atoms with van der Waals surface area (Å²) in [5.74, 6) is 0.185. The van der Waals surface area contributed by atoms with Crippen molar-refractivity contribution in [3.63, 3.8) is 0 Å². The molecule has 1 aliphatic rings. The molecule has 10 heteroatoms. The second kappa shape index (κ2) is 6.86. The van der Waals surface area contributed by atoms with Crippen LogP contribution < -0.4 is 4.74 Å². The van der Waals surface area contributed by atoms with Crippen LogP contribution in [0.1, 0.15) is 32.9 Å². The van der Waals surface area contributed by atoms with Gasteiger partial charge >= 0.3 is 6.09 Å². The summed E-state index contributed by atoms with van der Waals surface area (Å²) in [7, 11) is 0. The van der Waals surface area contributed by atoms with Gasteiger partial charge < -0.3 is 14.4 Å². The summed E-state index contributed by atoms with van der Waals surface area (Å²) in [5.41, 5.74) is 0.436. The van der Waals surface area contributed by atoms with E-state index in [2.05, 4.69) is 20.2 Å². The van der Waals surface area contributed by atoms with Crippen LogP contribution in [-0.2, 0) is 4.74 Å². The van der Waals surface area contributed by atoms with Crippen LogP contribution in [0.2, 0.25) is 5.28 Å². The highest BCUT2D eigenvalue weighted by atomic mass is 35.5. The number of carbonyl (C=O) groups excluding carboxylic acids is 1. The van der Waals surface area contributed by atoms with Gasteiger partial charge in [-0.25, -0.2) is 9.18 Å². The van der Waals surface area contributed by atoms with Crippen molar-refractivity contribution in [2.45, 2.75) is 52.0 Å². The van der Waals surface area contributed by atoms with Gasteiger partial charge in [0.25, 0.3) is 0 Å². The van der Waals surface area contributed by atoms with Gasteiger partial charge in [0, 0.05) is 13.0 Å². The first-order chi connectivity index (χ1) is 12.1. The first-order valence-corrected chi connectivity index (χ1v) is 8.68. The van der Waals surface area contributed by atoms with E-state index >= 15 is 0 Å². The van der Waals surface area contributed by atoms with E-state index < -0.39 is 24.0 Å². The SMILES string of the molecule is Cc1n[nH]c2nc(Cl)nc(O[C@H]3CCN(C(=O)OC(C)(C)C)C[C@H]3F)c12. The number of piperidine rings is 1. The van der Waals surface area contributed by atoms with E-state index in [1.807, 2.05) is 0 Å². The second-order valence-electron chi connectivity index (χ2n) is 7.22. The fourth-order valence-electron chi connectivity index (χ4n) is 2.75. The van der Waals surface area contributed by atoms with Crippen molar-refractivity contribution in [3.8, 4) is 5.88 Å². The van der Waals surface area contributed by atoms with Crippen LogP contribution in [-0.4, -0.2) is 62.1 Å². The Morgan fingerprint density at radius 2 is 2.12 bits per heavy atom. The number of likely N-dealkylation sites (tertiary alicyclic amines) is 1. The zero-order valence-electron chi connectivity index (χ0n) is 15.0. The van der Waals surface area contributed by atoms with Gasteiger partial charge in [0.05, 0.1) is 12.2 Å². The number of fused-ring (bicyclic) bond motifs is 1. The van der Waals surface area contributed by atoms with Crippen molar-refractivity contribution in [2.24, 2.45) is 0 Å². The number of halogens is 2. The van der Waals surface area contributed by atoms with Gasteiger partial charge in [-0.1, -0.05) is 0 Å². The molecule has 1 fully saturated rings. The van der Waals surface area contributed by atoms with E-state index in [4.69, 9.17) is 21.1 Å². The Kier molecular flexibility index (Phi) is 4.92. The molecule has 0 unspecified atom stereocenters. The number of rotatable bonds is 2. The molecule has 0 spiro atoms. The largest absolute Gasteiger partial charge is 0.470 e. The molecule has 0 aliphatic carbocycles. The highest BCUT2D eigenvalue weighted by Gasteiger charge is 2.35. The fourth-order valence-corrected chi connectivity index (χ4v) is 2.91. The Hall–Kier alpha value is -2.16. The van der Waals surface area contributed by atoms with Gasteiger partial charge in [-0.2, -0.15) is 15.1 Å². The minimum absolute atomic E-state index is 0.0160. The normalized spacial score (nSPS) is 21.1. The first kappa shape index (κ1) is 18.6. The van der Waals surface area contributed by atoms with Gasteiger partial charge in [0.2, 0.25) is 11.2 Å². The molecule has 2 atom stereocenters. The maximum absolute atomic E-state index is 14.6. The van der Waals surface area contributed by atoms with Crippen LogP contribution in [0, 0.1) is 6.92 Å². The summed E-state index contributed by atoms with van der Waals surface area (Å²) in [4.78, 5) is 21.5. The van der Waals surface area contributed by atoms with Crippen molar-refractivity contribution < 1.29 is 18.7 Å². The number of ether oxygens (including phenoxy) is 2. The van der Waals surface area contributed by atoms with Gasteiger partial charge in [-0.15, -0.1) is 0 Å². The zero-order chi connectivity index (χ0) is 19.1. The highest BCUT2D eigenvalue weighted by Crippen LogP contribution is 2.29. The molecule has 26 heavy (non-hydrogen) atoms. The molecule has 0 bridgehead atoms. The molecule has 1 saturated heterocycles. The lowest BCUT2D eigenvalue weighted by Crippen LogP contribution is -2.50. The third kappa shape index (κ3) is 3.98. The number of aromatic amines is 1. The Morgan fingerprint density at radius 1 is 1.38 bits per heavy atom. The minimum Gasteiger partial charge on any atom is -0.470 e. The van der Waals surface area contributed by atoms with Gasteiger partial charge in [-0.3, -0.25) is 5.10 Å². The number of carbonyl (C=O) groups is 1. The number of H-pyrrole nitrogens is 1. The van der Waals surface area contributed by atoms with E-state index in [0.717, 1.165) is 0 Å². The van der Waals surface area contributed by atoms with Crippen molar-refractivity contribution in [1.29, 1.82) is 0 Å². The van der Waals surface area contributed by atoms with Crippen molar-refractivity contribution in [1.82, 2.24) is 25.1 Å². The summed E-state index contributed by atoms with van der Waals surface area (Å²) >= 11 is 5.90. The van der Waals surface area contributed by atoms with Crippen molar-refractivity contribution in [3.05, 3.63) is 11.0 Å². The Balaban J connectivity index is 1.72. The van der Waals surface area contributed by atoms with Crippen LogP contribution in [0.4, 0.5) is 9.18 Å². The number of nitrogens with one attached hydrogen (secondary N) is 1. The quantitative estimate of drug-likeness (QED) is 0.798. The topological polar surface area (TPSA) is 93.2 Å². The molecule has 1 aliphatic heterocycles. The average Bonchev–Trinajstić information content (AvgIpc) is 2.88. The number of aromatic nitrogens is 4. The Morgan fingerprint density at radius 3 is 2.77 bits per heavy atom. The van der Waals surface area contributed by atoms with Crippen LogP contribution in [0.5, 0.6) is 5.88 Å². The average molecular weight is 386 g/mol. The predicted molar refractivity (Wildman–Crippen MR) is 93.2 cm³/mol. The lowest BCUT2D eigenvalue weighted by Gasteiger charge is -2.35. The molecule has 1 amide bonds. The van der Waals surface area contributed by atoms with Crippen LogP contribution in [0.25, 0.3) is 11.0 Å². The van der Waals surface area contributed by atoms with Gasteiger partial charge in [0.15, 0.2) is 11.8 Å². The summed E-state index contributed by atoms with van der Waals surface area (Å²) < 4.78 is 25.7. The molecule has 3 rings (SSSR count). The molecule has 3 heterocycles. The van der Waals surface area contributed by atoms with E-state index in [9.17, 15) is 9.18 Å². The van der Waals surface area contributed by atoms with Crippen molar-refractivity contribution >= 4 is 28.7 Å². The Bertz CT molecular complexity index is 822. The first-order valence-electron chi connectivity index (χ1n) is 8.31. The number of nitrogens with zero attached hydrogens (tertiary/aromatic N) is 4. The Labute approximate surface area is 155 Å². The molecular formula is C16H21ClFN5O3. The molecule has 0 saturated carbocycles. The van der Waals surface area contributed by atoms with E-state index in [1.54, 1.807) is 27.7 Å². The fraction of sp³-hybridized carbons (Fsp3) is 0.625. The molecule has 2 aromatic rings. The van der Waals surface area contributed by atoms with E-state index in [-0.39, 0.29) is 17.7 Å². The lowest BCUT2D eigenvalue weighted by molar-refractivity contribution is -0.0111. The number of amides is 1. The minimum atomic E-state index is -1.38. The summed E-state index contributed by atoms with van der Waals surface area (Å²) in [6, 6.07) is 0. The highest BCUT2D eigenvalue weighted by molar-refractivity contribution is 6.28. The van der Waals surface area contributed by atoms with Crippen LogP contribution in [0.15, 0.2) is 0 Å². The van der Waals surface area contributed by atoms with E-state index in [0.29, 0.717) is 29.7 Å². The number of hydrogen-bond acceptors (Lipinski definition) is 6.